The predicted molar refractivity (Wildman–Crippen MR) is 77.0 cm³/mol. The van der Waals surface area contributed by atoms with Crippen LogP contribution in [0.5, 0.6) is 0 Å². The Morgan fingerprint density at radius 2 is 2.00 bits per heavy atom. The predicted octanol–water partition coefficient (Wildman–Crippen LogP) is -0.136. The third-order valence-electron chi connectivity index (χ3n) is 3.43. The summed E-state index contributed by atoms with van der Waals surface area (Å²) in [4.78, 5) is 24.0. The van der Waals surface area contributed by atoms with Crippen LogP contribution in [0.2, 0.25) is 0 Å². The van der Waals surface area contributed by atoms with E-state index in [0.29, 0.717) is 12.1 Å². The zero-order chi connectivity index (χ0) is 15.6. The average Bonchev–Trinajstić information content (AvgIpc) is 2.76. The van der Waals surface area contributed by atoms with Gasteiger partial charge in [-0.3, -0.25) is 9.59 Å². The quantitative estimate of drug-likeness (QED) is 0.781. The molecule has 1 aromatic rings. The van der Waals surface area contributed by atoms with Crippen molar-refractivity contribution in [3.63, 3.8) is 0 Å². The zero-order valence-electron chi connectivity index (χ0n) is 11.2. The molecule has 3 N–H and O–H groups in total. The van der Waals surface area contributed by atoms with Gasteiger partial charge in [0.05, 0.1) is 22.8 Å². The number of hydrogen-bond acceptors (Lipinski definition) is 5. The van der Waals surface area contributed by atoms with Crippen molar-refractivity contribution in [2.75, 3.05) is 23.0 Å². The average molecular weight is 312 g/mol. The fourth-order valence-electron chi connectivity index (χ4n) is 2.51. The third-order valence-corrected chi connectivity index (χ3v) is 5.18. The molecule has 1 fully saturated rings. The van der Waals surface area contributed by atoms with Gasteiger partial charge in [-0.05, 0) is 18.6 Å². The number of carbonyl (C=O) groups is 2. The molecular weight excluding hydrogens is 296 g/mol. The van der Waals surface area contributed by atoms with Crippen molar-refractivity contribution in [3.05, 3.63) is 29.8 Å². The van der Waals surface area contributed by atoms with Gasteiger partial charge in [-0.1, -0.05) is 12.1 Å². The molecule has 1 aromatic carbocycles. The number of carboxylic acids is 1. The molecule has 2 rings (SSSR count). The summed E-state index contributed by atoms with van der Waals surface area (Å²) in [5, 5.41) is 9.06. The van der Waals surface area contributed by atoms with Crippen LogP contribution < -0.4 is 10.6 Å². The highest BCUT2D eigenvalue weighted by atomic mass is 32.2. The van der Waals surface area contributed by atoms with Gasteiger partial charge >= 0.3 is 5.97 Å². The number of carbonyl (C=O) groups excluding carboxylic acids is 1. The Hall–Kier alpha value is -2.09. The minimum absolute atomic E-state index is 0.0204. The minimum Gasteiger partial charge on any atom is -0.480 e. The highest BCUT2D eigenvalue weighted by Crippen LogP contribution is 2.27. The fourth-order valence-corrected chi connectivity index (χ4v) is 4.24. The van der Waals surface area contributed by atoms with E-state index in [9.17, 15) is 18.0 Å². The standard InChI is InChI=1S/C13H16N2O5S/c14-13(18)10-3-1-2-4-11(10)15(7-12(16)17)9-5-6-21(19,20)8-9/h1-4,9H,5-8H2,(H2,14,18)(H,16,17). The smallest absolute Gasteiger partial charge is 0.323 e. The number of benzene rings is 1. The summed E-state index contributed by atoms with van der Waals surface area (Å²) >= 11 is 0. The number of nitrogens with two attached hydrogens (primary N) is 1. The number of anilines is 1. The van der Waals surface area contributed by atoms with Crippen molar-refractivity contribution in [2.45, 2.75) is 12.5 Å². The largest absolute Gasteiger partial charge is 0.480 e. The van der Waals surface area contributed by atoms with Crippen LogP contribution in [-0.2, 0) is 14.6 Å². The van der Waals surface area contributed by atoms with Crippen LogP contribution in [0.3, 0.4) is 0 Å². The van der Waals surface area contributed by atoms with E-state index >= 15 is 0 Å². The summed E-state index contributed by atoms with van der Waals surface area (Å²) < 4.78 is 23.2. The first-order valence-electron chi connectivity index (χ1n) is 6.38. The highest BCUT2D eigenvalue weighted by molar-refractivity contribution is 7.91. The lowest BCUT2D eigenvalue weighted by Crippen LogP contribution is -2.41. The Balaban J connectivity index is 2.42. The van der Waals surface area contributed by atoms with Crippen LogP contribution >= 0.6 is 0 Å². The first-order valence-corrected chi connectivity index (χ1v) is 8.20. The molecule has 0 saturated carbocycles. The normalized spacial score (nSPS) is 20.1. The fraction of sp³-hybridized carbons (Fsp3) is 0.385. The molecule has 0 radical (unpaired) electrons. The Bertz CT molecular complexity index is 671. The summed E-state index contributed by atoms with van der Waals surface area (Å²) in [5.74, 6) is -1.87. The summed E-state index contributed by atoms with van der Waals surface area (Å²) in [6.07, 6.45) is 0.336. The number of carboxylic acid groups (broad SMARTS) is 1. The van der Waals surface area contributed by atoms with Crippen LogP contribution in [0.4, 0.5) is 5.69 Å². The maximum absolute atomic E-state index is 11.6. The molecule has 0 bridgehead atoms. The number of aliphatic carboxylic acids is 1. The number of nitrogens with zero attached hydrogens (tertiary/aromatic N) is 1. The van der Waals surface area contributed by atoms with Gasteiger partial charge in [0.1, 0.15) is 6.54 Å². The lowest BCUT2D eigenvalue weighted by atomic mass is 10.1. The summed E-state index contributed by atoms with van der Waals surface area (Å²) in [7, 11) is -3.17. The van der Waals surface area contributed by atoms with Crippen LogP contribution in [0, 0.1) is 0 Å². The van der Waals surface area contributed by atoms with Crippen molar-refractivity contribution in [3.8, 4) is 0 Å². The number of rotatable bonds is 5. The molecule has 1 unspecified atom stereocenters. The van der Waals surface area contributed by atoms with E-state index in [2.05, 4.69) is 0 Å². The van der Waals surface area contributed by atoms with Crippen LogP contribution in [-0.4, -0.2) is 49.5 Å². The topological polar surface area (TPSA) is 118 Å². The third kappa shape index (κ3) is 3.52. The van der Waals surface area contributed by atoms with Gasteiger partial charge in [-0.25, -0.2) is 8.42 Å². The van der Waals surface area contributed by atoms with Gasteiger partial charge in [-0.2, -0.15) is 0 Å². The van der Waals surface area contributed by atoms with E-state index in [-0.39, 0.29) is 23.6 Å². The molecular formula is C13H16N2O5S. The van der Waals surface area contributed by atoms with Crippen molar-refractivity contribution in [2.24, 2.45) is 5.73 Å². The summed E-state index contributed by atoms with van der Waals surface area (Å²) in [6.45, 7) is -0.384. The molecule has 0 spiro atoms. The lowest BCUT2D eigenvalue weighted by molar-refractivity contribution is -0.135. The van der Waals surface area contributed by atoms with E-state index in [1.54, 1.807) is 18.2 Å². The molecule has 114 valence electrons. The van der Waals surface area contributed by atoms with Gasteiger partial charge in [0.2, 0.25) is 0 Å². The Morgan fingerprint density at radius 1 is 1.33 bits per heavy atom. The molecule has 1 amide bonds. The second-order valence-corrected chi connectivity index (χ2v) is 7.19. The first-order chi connectivity index (χ1) is 9.80. The second kappa shape index (κ2) is 5.72. The molecule has 0 aliphatic carbocycles. The van der Waals surface area contributed by atoms with Crippen molar-refractivity contribution in [1.29, 1.82) is 0 Å². The number of amides is 1. The van der Waals surface area contributed by atoms with Crippen molar-refractivity contribution >= 4 is 27.4 Å². The van der Waals surface area contributed by atoms with Gasteiger partial charge in [0.15, 0.2) is 9.84 Å². The molecule has 0 aromatic heterocycles. The van der Waals surface area contributed by atoms with Crippen LogP contribution in [0.1, 0.15) is 16.8 Å². The SMILES string of the molecule is NC(=O)c1ccccc1N(CC(=O)O)C1CCS(=O)(=O)C1. The van der Waals surface area contributed by atoms with Gasteiger partial charge in [-0.15, -0.1) is 0 Å². The first kappa shape index (κ1) is 15.3. The molecule has 7 nitrogen and oxygen atoms in total. The van der Waals surface area contributed by atoms with E-state index in [4.69, 9.17) is 10.8 Å². The summed E-state index contributed by atoms with van der Waals surface area (Å²) in [6, 6.07) is 5.88. The van der Waals surface area contributed by atoms with E-state index in [1.165, 1.54) is 11.0 Å². The molecule has 1 atom stereocenters. The molecule has 1 aliphatic rings. The molecule has 1 saturated heterocycles. The number of primary amides is 1. The zero-order valence-corrected chi connectivity index (χ0v) is 12.0. The maximum Gasteiger partial charge on any atom is 0.323 e. The van der Waals surface area contributed by atoms with E-state index in [0.717, 1.165) is 0 Å². The second-order valence-electron chi connectivity index (χ2n) is 4.96. The van der Waals surface area contributed by atoms with E-state index < -0.39 is 27.8 Å². The molecule has 21 heavy (non-hydrogen) atoms. The Morgan fingerprint density at radius 3 is 2.52 bits per heavy atom. The lowest BCUT2D eigenvalue weighted by Gasteiger charge is -2.30. The van der Waals surface area contributed by atoms with Crippen molar-refractivity contribution in [1.82, 2.24) is 0 Å². The molecule has 1 aliphatic heterocycles. The van der Waals surface area contributed by atoms with Gasteiger partial charge in [0.25, 0.3) is 5.91 Å². The highest BCUT2D eigenvalue weighted by Gasteiger charge is 2.34. The monoisotopic (exact) mass is 312 g/mol. The number of para-hydroxylation sites is 1. The molecule has 8 heteroatoms. The van der Waals surface area contributed by atoms with Crippen LogP contribution in [0.15, 0.2) is 24.3 Å². The van der Waals surface area contributed by atoms with Gasteiger partial charge < -0.3 is 15.7 Å². The van der Waals surface area contributed by atoms with Crippen molar-refractivity contribution < 1.29 is 23.1 Å². The van der Waals surface area contributed by atoms with Crippen LogP contribution in [0.25, 0.3) is 0 Å². The number of hydrogen-bond donors (Lipinski definition) is 2. The van der Waals surface area contributed by atoms with E-state index in [1.807, 2.05) is 0 Å². The summed E-state index contributed by atoms with van der Waals surface area (Å²) in [5.41, 5.74) is 5.84. The molecule has 1 heterocycles. The maximum atomic E-state index is 11.6. The Labute approximate surface area is 122 Å². The number of sulfone groups is 1. The Kier molecular flexibility index (Phi) is 4.17. The van der Waals surface area contributed by atoms with Gasteiger partial charge in [0, 0.05) is 6.04 Å². The minimum atomic E-state index is -3.17.